The number of aryl methyl sites for hydroxylation is 1. The normalized spacial score (nSPS) is 12.6. The maximum Gasteiger partial charge on any atom is 0.0515 e. The molecule has 2 aromatic rings. The Balaban J connectivity index is 1.94. The Kier molecular flexibility index (Phi) is 3.99. The number of nitrogens with one attached hydrogen (secondary N) is 1. The van der Waals surface area contributed by atoms with Crippen molar-refractivity contribution in [3.63, 3.8) is 0 Å². The molecule has 1 atom stereocenters. The molecule has 1 heterocycles. The van der Waals surface area contributed by atoms with Crippen molar-refractivity contribution >= 4 is 0 Å². The molecule has 17 heavy (non-hydrogen) atoms. The van der Waals surface area contributed by atoms with Gasteiger partial charge in [0.15, 0.2) is 0 Å². The molecule has 0 radical (unpaired) electrons. The van der Waals surface area contributed by atoms with E-state index in [2.05, 4.69) is 41.4 Å². The molecular weight excluding hydrogens is 210 g/mol. The summed E-state index contributed by atoms with van der Waals surface area (Å²) in [6.45, 7) is 1.83. The van der Waals surface area contributed by atoms with Crippen LogP contribution in [-0.2, 0) is 12.8 Å². The van der Waals surface area contributed by atoms with E-state index in [1.165, 1.54) is 17.0 Å². The second-order valence-corrected chi connectivity index (χ2v) is 4.56. The summed E-state index contributed by atoms with van der Waals surface area (Å²) in [7, 11) is 0. The minimum absolute atomic E-state index is 0.226. The first-order valence-corrected chi connectivity index (χ1v) is 6.13. The van der Waals surface area contributed by atoms with E-state index in [1.54, 1.807) is 0 Å². The molecule has 1 aromatic carbocycles. The molecule has 1 aromatic heterocycles. The van der Waals surface area contributed by atoms with E-state index in [4.69, 9.17) is 0 Å². The second kappa shape index (κ2) is 5.69. The van der Waals surface area contributed by atoms with Crippen molar-refractivity contribution in [1.82, 2.24) is 4.98 Å². The molecule has 0 bridgehead atoms. The summed E-state index contributed by atoms with van der Waals surface area (Å²) in [4.78, 5) is 3.41. The summed E-state index contributed by atoms with van der Waals surface area (Å²) in [5, 5.41) is 9.24. The number of hydrogen-bond donors (Lipinski definition) is 2. The highest BCUT2D eigenvalue weighted by molar-refractivity contribution is 5.23. The summed E-state index contributed by atoms with van der Waals surface area (Å²) in [5.41, 5.74) is 3.75. The van der Waals surface area contributed by atoms with E-state index < -0.39 is 0 Å². The molecule has 0 aliphatic rings. The quantitative estimate of drug-likeness (QED) is 0.812. The van der Waals surface area contributed by atoms with Gasteiger partial charge in [-0.05, 0) is 37.5 Å². The fourth-order valence-electron chi connectivity index (χ4n) is 1.92. The monoisotopic (exact) mass is 229 g/mol. The summed E-state index contributed by atoms with van der Waals surface area (Å²) >= 11 is 0. The van der Waals surface area contributed by atoms with E-state index in [1.807, 2.05) is 13.0 Å². The van der Waals surface area contributed by atoms with E-state index in [-0.39, 0.29) is 6.10 Å². The number of benzene rings is 1. The van der Waals surface area contributed by atoms with Gasteiger partial charge in [-0.1, -0.05) is 30.3 Å². The third kappa shape index (κ3) is 3.75. The van der Waals surface area contributed by atoms with Gasteiger partial charge in [-0.15, -0.1) is 0 Å². The number of aliphatic hydroxyl groups is 1. The van der Waals surface area contributed by atoms with E-state index in [9.17, 15) is 5.11 Å². The lowest BCUT2D eigenvalue weighted by atomic mass is 10.1. The minimum Gasteiger partial charge on any atom is -0.393 e. The van der Waals surface area contributed by atoms with E-state index >= 15 is 0 Å². The third-order valence-corrected chi connectivity index (χ3v) is 2.88. The Labute approximate surface area is 102 Å². The van der Waals surface area contributed by atoms with Gasteiger partial charge < -0.3 is 10.1 Å². The topological polar surface area (TPSA) is 36.0 Å². The molecule has 2 nitrogen and oxygen atoms in total. The summed E-state index contributed by atoms with van der Waals surface area (Å²) < 4.78 is 0. The van der Waals surface area contributed by atoms with Gasteiger partial charge in [0.1, 0.15) is 0 Å². The molecule has 0 aliphatic carbocycles. The fraction of sp³-hybridized carbons (Fsp3) is 0.333. The molecule has 2 heteroatoms. The molecule has 2 N–H and O–H groups in total. The zero-order valence-electron chi connectivity index (χ0n) is 10.2. The number of rotatable bonds is 5. The van der Waals surface area contributed by atoms with Crippen LogP contribution in [0, 0.1) is 0 Å². The zero-order valence-corrected chi connectivity index (χ0v) is 10.2. The van der Waals surface area contributed by atoms with Crippen LogP contribution in [0.4, 0.5) is 0 Å². The SMILES string of the molecule is CC(O)CCc1ccc(Cc2ccccc2)[nH]1. The molecule has 1 unspecified atom stereocenters. The zero-order chi connectivity index (χ0) is 12.1. The van der Waals surface area contributed by atoms with Crippen LogP contribution >= 0.6 is 0 Å². The minimum atomic E-state index is -0.226. The summed E-state index contributed by atoms with van der Waals surface area (Å²) in [6, 6.07) is 14.7. The first-order chi connectivity index (χ1) is 8.24. The summed E-state index contributed by atoms with van der Waals surface area (Å²) in [5.74, 6) is 0. The van der Waals surface area contributed by atoms with Gasteiger partial charge in [0.25, 0.3) is 0 Å². The number of aliphatic hydroxyl groups excluding tert-OH is 1. The molecular formula is C15H19NO. The third-order valence-electron chi connectivity index (χ3n) is 2.88. The molecule has 0 saturated carbocycles. The van der Waals surface area contributed by atoms with Crippen molar-refractivity contribution in [2.24, 2.45) is 0 Å². The molecule has 0 aliphatic heterocycles. The van der Waals surface area contributed by atoms with Crippen LogP contribution < -0.4 is 0 Å². The molecule has 0 amide bonds. The van der Waals surface area contributed by atoms with Crippen molar-refractivity contribution in [1.29, 1.82) is 0 Å². The van der Waals surface area contributed by atoms with Gasteiger partial charge in [-0.25, -0.2) is 0 Å². The molecule has 0 fully saturated rings. The van der Waals surface area contributed by atoms with Crippen LogP contribution in [0.5, 0.6) is 0 Å². The average Bonchev–Trinajstić information content (AvgIpc) is 2.75. The van der Waals surface area contributed by atoms with Gasteiger partial charge in [-0.2, -0.15) is 0 Å². The van der Waals surface area contributed by atoms with Gasteiger partial charge in [0, 0.05) is 17.8 Å². The predicted octanol–water partition coefficient (Wildman–Crippen LogP) is 2.92. The Morgan fingerprint density at radius 3 is 2.47 bits per heavy atom. The largest absolute Gasteiger partial charge is 0.393 e. The second-order valence-electron chi connectivity index (χ2n) is 4.56. The van der Waals surface area contributed by atoms with E-state index in [0.29, 0.717) is 0 Å². The lowest BCUT2D eigenvalue weighted by Crippen LogP contribution is -2.01. The van der Waals surface area contributed by atoms with Crippen LogP contribution in [0.15, 0.2) is 42.5 Å². The lowest BCUT2D eigenvalue weighted by molar-refractivity contribution is 0.184. The number of H-pyrrole nitrogens is 1. The molecule has 0 spiro atoms. The molecule has 0 saturated heterocycles. The highest BCUT2D eigenvalue weighted by atomic mass is 16.3. The van der Waals surface area contributed by atoms with E-state index in [0.717, 1.165) is 19.3 Å². The fourth-order valence-corrected chi connectivity index (χ4v) is 1.92. The average molecular weight is 229 g/mol. The van der Waals surface area contributed by atoms with Crippen molar-refractivity contribution in [3.05, 3.63) is 59.4 Å². The maximum absolute atomic E-state index is 9.24. The van der Waals surface area contributed by atoms with Crippen LogP contribution in [0.1, 0.15) is 30.3 Å². The Morgan fingerprint density at radius 1 is 1.06 bits per heavy atom. The van der Waals surface area contributed by atoms with Crippen LogP contribution in [0.25, 0.3) is 0 Å². The smallest absolute Gasteiger partial charge is 0.0515 e. The number of aromatic nitrogens is 1. The number of aromatic amines is 1. The lowest BCUT2D eigenvalue weighted by Gasteiger charge is -2.02. The molecule has 90 valence electrons. The predicted molar refractivity (Wildman–Crippen MR) is 70.0 cm³/mol. The van der Waals surface area contributed by atoms with Gasteiger partial charge in [-0.3, -0.25) is 0 Å². The van der Waals surface area contributed by atoms with Crippen molar-refractivity contribution in [3.8, 4) is 0 Å². The highest BCUT2D eigenvalue weighted by Gasteiger charge is 2.02. The van der Waals surface area contributed by atoms with Crippen LogP contribution in [0.2, 0.25) is 0 Å². The Hall–Kier alpha value is -1.54. The standard InChI is InChI=1S/C15H19NO/c1-12(17)7-8-14-9-10-15(16-14)11-13-5-3-2-4-6-13/h2-6,9-10,12,16-17H,7-8,11H2,1H3. The van der Waals surface area contributed by atoms with Gasteiger partial charge in [0.2, 0.25) is 0 Å². The summed E-state index contributed by atoms with van der Waals surface area (Å²) in [6.07, 6.45) is 2.43. The highest BCUT2D eigenvalue weighted by Crippen LogP contribution is 2.11. The maximum atomic E-state index is 9.24. The van der Waals surface area contributed by atoms with Crippen LogP contribution in [0.3, 0.4) is 0 Å². The Morgan fingerprint density at radius 2 is 1.76 bits per heavy atom. The van der Waals surface area contributed by atoms with Crippen LogP contribution in [-0.4, -0.2) is 16.2 Å². The van der Waals surface area contributed by atoms with Crippen molar-refractivity contribution in [2.75, 3.05) is 0 Å². The van der Waals surface area contributed by atoms with Crippen molar-refractivity contribution in [2.45, 2.75) is 32.3 Å². The van der Waals surface area contributed by atoms with Crippen molar-refractivity contribution < 1.29 is 5.11 Å². The first kappa shape index (κ1) is 11.9. The van der Waals surface area contributed by atoms with Gasteiger partial charge in [0.05, 0.1) is 6.10 Å². The first-order valence-electron chi connectivity index (χ1n) is 6.13. The Bertz CT molecular complexity index is 445. The van der Waals surface area contributed by atoms with Gasteiger partial charge >= 0.3 is 0 Å². The number of hydrogen-bond acceptors (Lipinski definition) is 1. The molecule has 2 rings (SSSR count).